The molecule has 1 N–H and O–H groups in total. The van der Waals surface area contributed by atoms with E-state index in [1.54, 1.807) is 7.05 Å². The van der Waals surface area contributed by atoms with Gasteiger partial charge in [0, 0.05) is 30.9 Å². The van der Waals surface area contributed by atoms with E-state index in [2.05, 4.69) is 20.2 Å². The minimum absolute atomic E-state index is 0.0662. The zero-order valence-electron chi connectivity index (χ0n) is 16.0. The summed E-state index contributed by atoms with van der Waals surface area (Å²) >= 11 is 0. The van der Waals surface area contributed by atoms with E-state index in [1.165, 1.54) is 36.3 Å². The first kappa shape index (κ1) is 20.4. The van der Waals surface area contributed by atoms with Crippen LogP contribution in [0.1, 0.15) is 5.69 Å². The number of hydrogen-bond acceptors (Lipinski definition) is 5. The van der Waals surface area contributed by atoms with Crippen molar-refractivity contribution in [2.24, 2.45) is 7.05 Å². The summed E-state index contributed by atoms with van der Waals surface area (Å²) in [4.78, 5) is 8.37. The van der Waals surface area contributed by atoms with Gasteiger partial charge in [0.2, 0.25) is 0 Å². The summed E-state index contributed by atoms with van der Waals surface area (Å²) in [5, 5.41) is 8.74. The number of aryl methyl sites for hydroxylation is 1. The van der Waals surface area contributed by atoms with E-state index in [4.69, 9.17) is 4.74 Å². The van der Waals surface area contributed by atoms with Crippen molar-refractivity contribution in [3.63, 3.8) is 0 Å². The van der Waals surface area contributed by atoms with Crippen LogP contribution in [0.5, 0.6) is 5.75 Å². The molecule has 0 aliphatic rings. The van der Waals surface area contributed by atoms with Gasteiger partial charge < -0.3 is 9.30 Å². The van der Waals surface area contributed by atoms with E-state index < -0.39 is 29.2 Å². The Morgan fingerprint density at radius 2 is 1.81 bits per heavy atom. The lowest BCUT2D eigenvalue weighted by molar-refractivity contribution is -0.140. The van der Waals surface area contributed by atoms with Gasteiger partial charge in [-0.05, 0) is 12.1 Å². The Bertz CT molecular complexity index is 1260. The summed E-state index contributed by atoms with van der Waals surface area (Å²) in [6.45, 7) is 0. The van der Waals surface area contributed by atoms with Gasteiger partial charge in [0.1, 0.15) is 28.8 Å². The minimum Gasteiger partial charge on any atom is -0.496 e. The number of pyridine rings is 1. The number of ether oxygens (including phenoxy) is 1. The number of hydrogen-bond donors (Lipinski definition) is 1. The van der Waals surface area contributed by atoms with Crippen molar-refractivity contribution in [3.05, 3.63) is 54.1 Å². The van der Waals surface area contributed by atoms with Crippen LogP contribution in [-0.2, 0) is 13.2 Å². The molecule has 0 saturated carbocycles. The Morgan fingerprint density at radius 3 is 2.52 bits per heavy atom. The third kappa shape index (κ3) is 3.60. The Balaban J connectivity index is 1.89. The van der Waals surface area contributed by atoms with E-state index in [0.717, 1.165) is 6.07 Å². The molecule has 0 unspecified atom stereocenters. The van der Waals surface area contributed by atoms with Crippen LogP contribution in [0.2, 0.25) is 0 Å². The quantitative estimate of drug-likeness (QED) is 0.484. The summed E-state index contributed by atoms with van der Waals surface area (Å²) < 4.78 is 74.5. The standard InChI is InChI=1S/C19H13F5N6O/c1-30-8-26-16(17(30)14-11(21)6-10(20)7-13(14)31-2)12-5-9(3-4-25-12)15-18(19(22,23)24)28-29-27-15/h3-8H,1-2H3,(H,27,28,29). The predicted octanol–water partition coefficient (Wildman–Crippen LogP) is 4.24. The molecule has 0 spiro atoms. The van der Waals surface area contributed by atoms with Crippen molar-refractivity contribution in [3.8, 4) is 39.7 Å². The summed E-state index contributed by atoms with van der Waals surface area (Å²) in [6.07, 6.45) is -2.07. The molecule has 160 valence electrons. The van der Waals surface area contributed by atoms with Crippen molar-refractivity contribution in [2.75, 3.05) is 7.11 Å². The van der Waals surface area contributed by atoms with Gasteiger partial charge in [0.15, 0.2) is 5.69 Å². The number of alkyl halides is 3. The lowest BCUT2D eigenvalue weighted by Gasteiger charge is -2.13. The molecule has 4 aromatic rings. The fraction of sp³-hybridized carbons (Fsp3) is 0.158. The highest BCUT2D eigenvalue weighted by Crippen LogP contribution is 2.39. The van der Waals surface area contributed by atoms with Crippen LogP contribution in [0, 0.1) is 11.6 Å². The second-order valence-corrected chi connectivity index (χ2v) is 6.47. The van der Waals surface area contributed by atoms with Crippen molar-refractivity contribution in [1.29, 1.82) is 0 Å². The third-order valence-corrected chi connectivity index (χ3v) is 4.51. The highest BCUT2D eigenvalue weighted by molar-refractivity contribution is 5.82. The van der Waals surface area contributed by atoms with Gasteiger partial charge >= 0.3 is 6.18 Å². The summed E-state index contributed by atoms with van der Waals surface area (Å²) in [5.74, 6) is -1.80. The zero-order valence-corrected chi connectivity index (χ0v) is 16.0. The Morgan fingerprint density at radius 1 is 1.03 bits per heavy atom. The maximum absolute atomic E-state index is 14.7. The lowest BCUT2D eigenvalue weighted by atomic mass is 10.0. The normalized spacial score (nSPS) is 11.7. The van der Waals surface area contributed by atoms with Gasteiger partial charge in [-0.3, -0.25) is 4.98 Å². The topological polar surface area (TPSA) is 81.5 Å². The van der Waals surface area contributed by atoms with Crippen molar-refractivity contribution >= 4 is 0 Å². The molecule has 1 aromatic carbocycles. The SMILES string of the molecule is COc1cc(F)cc(F)c1-c1c(-c2cc(-c3n[nH]nc3C(F)(F)F)ccn2)ncn1C. The van der Waals surface area contributed by atoms with Crippen LogP contribution in [0.25, 0.3) is 33.9 Å². The average Bonchev–Trinajstić information content (AvgIpc) is 3.35. The van der Waals surface area contributed by atoms with Gasteiger partial charge in [-0.15, -0.1) is 0 Å². The molecule has 0 saturated heterocycles. The van der Waals surface area contributed by atoms with E-state index in [0.29, 0.717) is 6.07 Å². The first-order valence-corrected chi connectivity index (χ1v) is 8.70. The summed E-state index contributed by atoms with van der Waals surface area (Å²) in [6, 6.07) is 4.37. The van der Waals surface area contributed by atoms with Crippen LogP contribution in [0.4, 0.5) is 22.0 Å². The smallest absolute Gasteiger partial charge is 0.437 e. The first-order valence-electron chi connectivity index (χ1n) is 8.70. The summed E-state index contributed by atoms with van der Waals surface area (Å²) in [5.41, 5.74) is -1.08. The Kier molecular flexibility index (Phi) is 4.91. The van der Waals surface area contributed by atoms with E-state index in [1.807, 2.05) is 5.21 Å². The molecule has 31 heavy (non-hydrogen) atoms. The van der Waals surface area contributed by atoms with E-state index >= 15 is 0 Å². The molecule has 0 aliphatic carbocycles. The van der Waals surface area contributed by atoms with Crippen molar-refractivity contribution in [1.82, 2.24) is 29.9 Å². The van der Waals surface area contributed by atoms with Crippen LogP contribution in [-0.4, -0.2) is 37.1 Å². The number of aromatic amines is 1. The minimum atomic E-state index is -4.72. The van der Waals surface area contributed by atoms with Gasteiger partial charge in [-0.2, -0.15) is 28.6 Å². The average molecular weight is 436 g/mol. The fourth-order valence-corrected chi connectivity index (χ4v) is 3.19. The first-order chi connectivity index (χ1) is 14.7. The highest BCUT2D eigenvalue weighted by atomic mass is 19.4. The molecule has 0 radical (unpaired) electrons. The predicted molar refractivity (Wildman–Crippen MR) is 98.7 cm³/mol. The Hall–Kier alpha value is -3.83. The molecule has 3 aromatic heterocycles. The number of H-pyrrole nitrogens is 1. The van der Waals surface area contributed by atoms with Crippen LogP contribution < -0.4 is 4.74 Å². The van der Waals surface area contributed by atoms with E-state index in [9.17, 15) is 22.0 Å². The second kappa shape index (κ2) is 7.45. The van der Waals surface area contributed by atoms with Crippen LogP contribution >= 0.6 is 0 Å². The zero-order chi connectivity index (χ0) is 22.3. The molecule has 0 aliphatic heterocycles. The molecule has 0 fully saturated rings. The van der Waals surface area contributed by atoms with Crippen LogP contribution in [0.15, 0.2) is 36.8 Å². The number of benzene rings is 1. The molecule has 0 atom stereocenters. The van der Waals surface area contributed by atoms with Crippen molar-refractivity contribution < 1.29 is 26.7 Å². The Labute approximate surface area is 171 Å². The molecule has 0 bridgehead atoms. The number of nitrogens with one attached hydrogen (secondary N) is 1. The maximum Gasteiger partial charge on any atom is 0.437 e. The lowest BCUT2D eigenvalue weighted by Crippen LogP contribution is -2.07. The molecular formula is C19H13F5N6O. The van der Waals surface area contributed by atoms with Gasteiger partial charge in [-0.1, -0.05) is 0 Å². The number of aromatic nitrogens is 6. The maximum atomic E-state index is 14.7. The van der Waals surface area contributed by atoms with E-state index in [-0.39, 0.29) is 34.0 Å². The van der Waals surface area contributed by atoms with Crippen molar-refractivity contribution in [2.45, 2.75) is 6.18 Å². The molecule has 0 amide bonds. The molecule has 4 rings (SSSR count). The number of rotatable bonds is 4. The largest absolute Gasteiger partial charge is 0.496 e. The number of nitrogens with zero attached hydrogens (tertiary/aromatic N) is 5. The molecular weight excluding hydrogens is 423 g/mol. The van der Waals surface area contributed by atoms with Gasteiger partial charge in [0.05, 0.1) is 30.4 Å². The summed E-state index contributed by atoms with van der Waals surface area (Å²) in [7, 11) is 2.84. The third-order valence-electron chi connectivity index (χ3n) is 4.51. The van der Waals surface area contributed by atoms with Gasteiger partial charge in [-0.25, -0.2) is 13.8 Å². The number of halogens is 5. The molecule has 12 heteroatoms. The number of imidazole rings is 1. The fourth-order valence-electron chi connectivity index (χ4n) is 3.19. The van der Waals surface area contributed by atoms with Gasteiger partial charge in [0.25, 0.3) is 0 Å². The number of methoxy groups -OCH3 is 1. The highest BCUT2D eigenvalue weighted by Gasteiger charge is 2.38. The second-order valence-electron chi connectivity index (χ2n) is 6.47. The van der Waals surface area contributed by atoms with Crippen LogP contribution in [0.3, 0.4) is 0 Å². The molecule has 3 heterocycles. The molecule has 7 nitrogen and oxygen atoms in total. The monoisotopic (exact) mass is 436 g/mol.